The van der Waals surface area contributed by atoms with E-state index in [4.69, 9.17) is 12.2 Å². The van der Waals surface area contributed by atoms with Crippen LogP contribution in [0, 0.1) is 4.77 Å². The van der Waals surface area contributed by atoms with Crippen molar-refractivity contribution in [2.45, 2.75) is 13.3 Å². The van der Waals surface area contributed by atoms with Crippen molar-refractivity contribution in [3.05, 3.63) is 90.0 Å². The number of hydrogen-bond acceptors (Lipinski definition) is 5. The van der Waals surface area contributed by atoms with Gasteiger partial charge in [-0.15, -0.1) is 0 Å². The lowest BCUT2D eigenvalue weighted by atomic mass is 10.1. The van der Waals surface area contributed by atoms with Gasteiger partial charge < -0.3 is 10.0 Å². The van der Waals surface area contributed by atoms with E-state index in [9.17, 15) is 14.7 Å². The van der Waals surface area contributed by atoms with Crippen molar-refractivity contribution in [1.82, 2.24) is 14.5 Å². The molecule has 3 aromatic rings. The van der Waals surface area contributed by atoms with Gasteiger partial charge in [-0.05, 0) is 60.6 Å². The van der Waals surface area contributed by atoms with E-state index in [1.807, 2.05) is 36.4 Å². The Morgan fingerprint density at radius 3 is 2.64 bits per heavy atom. The number of halogens is 1. The van der Waals surface area contributed by atoms with Crippen LogP contribution in [-0.2, 0) is 4.79 Å². The second kappa shape index (κ2) is 9.29. The summed E-state index contributed by atoms with van der Waals surface area (Å²) in [6.45, 7) is 2.02. The number of rotatable bonds is 5. The van der Waals surface area contributed by atoms with Gasteiger partial charge in [0.25, 0.3) is 5.56 Å². The SMILES string of the molecule is CC(=O)N(C)CCC1=c2ccccc2=N/C1=C\c1c(O)n(-c2ccc(Br)cc2)c(=S)[nH]c1=O. The van der Waals surface area contributed by atoms with E-state index in [0.717, 1.165) is 20.6 Å². The first-order valence-electron chi connectivity index (χ1n) is 10.2. The minimum absolute atomic E-state index is 0.0324. The topological polar surface area (TPSA) is 90.7 Å². The van der Waals surface area contributed by atoms with Crippen LogP contribution < -0.4 is 16.1 Å². The number of aromatic hydroxyl groups is 1. The standard InChI is InChI=1S/C24H21BrN4O3S/c1-14(30)28(2)12-11-18-17-5-3-4-6-20(17)26-21(18)13-19-22(31)27-24(33)29(23(19)32)16-9-7-15(25)8-10-16/h3-10,13,32H,11-12H2,1-2H3,(H,27,31,33)/b21-13-. The summed E-state index contributed by atoms with van der Waals surface area (Å²) in [6, 6.07) is 14.9. The fourth-order valence-corrected chi connectivity index (χ4v) is 4.16. The monoisotopic (exact) mass is 524 g/mol. The zero-order valence-corrected chi connectivity index (χ0v) is 20.4. The minimum atomic E-state index is -0.510. The number of hydrogen-bond donors (Lipinski definition) is 2. The predicted octanol–water partition coefficient (Wildman–Crippen LogP) is 3.06. The van der Waals surface area contributed by atoms with Crippen molar-refractivity contribution in [1.29, 1.82) is 0 Å². The molecule has 0 fully saturated rings. The number of aromatic nitrogens is 2. The number of aromatic amines is 1. The Balaban J connectivity index is 1.86. The van der Waals surface area contributed by atoms with Gasteiger partial charge in [0.1, 0.15) is 5.56 Å². The molecule has 9 heteroatoms. The van der Waals surface area contributed by atoms with Crippen LogP contribution in [0.1, 0.15) is 18.9 Å². The fourth-order valence-electron chi connectivity index (χ4n) is 3.62. The molecule has 4 rings (SSSR count). The van der Waals surface area contributed by atoms with Gasteiger partial charge in [-0.3, -0.25) is 19.1 Å². The van der Waals surface area contributed by atoms with Gasteiger partial charge in [0.2, 0.25) is 11.8 Å². The summed E-state index contributed by atoms with van der Waals surface area (Å²) in [6.07, 6.45) is 2.12. The van der Waals surface area contributed by atoms with Crippen molar-refractivity contribution in [3.8, 4) is 11.6 Å². The van der Waals surface area contributed by atoms with Crippen molar-refractivity contribution in [2.24, 2.45) is 4.99 Å². The number of nitrogens with zero attached hydrogens (tertiary/aromatic N) is 3. The Kier molecular flexibility index (Phi) is 6.44. The van der Waals surface area contributed by atoms with Crippen LogP contribution >= 0.6 is 28.1 Å². The highest BCUT2D eigenvalue weighted by atomic mass is 79.9. The number of para-hydroxylation sites is 1. The van der Waals surface area contributed by atoms with E-state index in [-0.39, 0.29) is 22.1 Å². The number of nitrogens with one attached hydrogen (secondary N) is 1. The molecule has 0 radical (unpaired) electrons. The Labute approximate surface area is 203 Å². The van der Waals surface area contributed by atoms with Crippen LogP contribution in [0.4, 0.5) is 0 Å². The molecule has 0 aliphatic carbocycles. The molecule has 168 valence electrons. The second-order valence-electron chi connectivity index (χ2n) is 7.64. The molecule has 0 spiro atoms. The fraction of sp³-hybridized carbons (Fsp3) is 0.167. The number of amides is 1. The minimum Gasteiger partial charge on any atom is -0.494 e. The first-order chi connectivity index (χ1) is 15.8. The molecule has 2 heterocycles. The first-order valence-corrected chi connectivity index (χ1v) is 11.4. The van der Waals surface area contributed by atoms with Crippen molar-refractivity contribution in [3.63, 3.8) is 0 Å². The Bertz CT molecular complexity index is 1520. The largest absolute Gasteiger partial charge is 0.494 e. The second-order valence-corrected chi connectivity index (χ2v) is 8.94. The van der Waals surface area contributed by atoms with Gasteiger partial charge >= 0.3 is 0 Å². The molecule has 0 unspecified atom stereocenters. The smallest absolute Gasteiger partial charge is 0.262 e. The predicted molar refractivity (Wildman–Crippen MR) is 133 cm³/mol. The number of benzene rings is 2. The average molecular weight is 525 g/mol. The van der Waals surface area contributed by atoms with Crippen LogP contribution in [0.2, 0.25) is 0 Å². The van der Waals surface area contributed by atoms with E-state index >= 15 is 0 Å². The van der Waals surface area contributed by atoms with Crippen molar-refractivity contribution >= 4 is 45.7 Å². The van der Waals surface area contributed by atoms with Gasteiger partial charge in [0, 0.05) is 30.2 Å². The van der Waals surface area contributed by atoms with E-state index in [2.05, 4.69) is 25.9 Å². The summed E-state index contributed by atoms with van der Waals surface area (Å²) in [7, 11) is 1.74. The van der Waals surface area contributed by atoms with Crippen LogP contribution in [0.15, 0.2) is 68.5 Å². The van der Waals surface area contributed by atoms with Crippen molar-refractivity contribution < 1.29 is 9.90 Å². The van der Waals surface area contributed by atoms with Gasteiger partial charge in [-0.1, -0.05) is 34.1 Å². The molecule has 2 N–H and O–H groups in total. The number of carbonyl (C=O) groups is 1. The Hall–Kier alpha value is -3.30. The quantitative estimate of drug-likeness (QED) is 0.502. The normalized spacial score (nSPS) is 13.7. The average Bonchev–Trinajstić information content (AvgIpc) is 3.13. The van der Waals surface area contributed by atoms with E-state index in [0.29, 0.717) is 24.4 Å². The lowest BCUT2D eigenvalue weighted by Crippen LogP contribution is -2.27. The van der Waals surface area contributed by atoms with Gasteiger partial charge in [0.15, 0.2) is 4.77 Å². The summed E-state index contributed by atoms with van der Waals surface area (Å²) in [4.78, 5) is 33.4. The lowest BCUT2D eigenvalue weighted by Gasteiger charge is -2.15. The zero-order valence-electron chi connectivity index (χ0n) is 18.0. The van der Waals surface area contributed by atoms with Gasteiger partial charge in [-0.2, -0.15) is 0 Å². The molecule has 1 aromatic heterocycles. The zero-order chi connectivity index (χ0) is 23.7. The molecule has 33 heavy (non-hydrogen) atoms. The maximum Gasteiger partial charge on any atom is 0.262 e. The number of H-pyrrole nitrogens is 1. The van der Waals surface area contributed by atoms with Gasteiger partial charge in [-0.25, -0.2) is 4.99 Å². The highest BCUT2D eigenvalue weighted by molar-refractivity contribution is 9.10. The van der Waals surface area contributed by atoms with Crippen LogP contribution in [0.3, 0.4) is 0 Å². The van der Waals surface area contributed by atoms with Crippen LogP contribution in [0.25, 0.3) is 17.3 Å². The summed E-state index contributed by atoms with van der Waals surface area (Å²) in [5.41, 5.74) is 1.61. The summed E-state index contributed by atoms with van der Waals surface area (Å²) >= 11 is 8.70. The summed E-state index contributed by atoms with van der Waals surface area (Å²) in [5.74, 6) is -0.306. The highest BCUT2D eigenvalue weighted by Crippen LogP contribution is 2.26. The number of allylic oxidation sites excluding steroid dienone is 1. The molecule has 1 aliphatic heterocycles. The molecular formula is C24H21BrN4O3S. The number of carbonyl (C=O) groups excluding carboxylic acids is 1. The molecule has 1 amide bonds. The summed E-state index contributed by atoms with van der Waals surface area (Å²) < 4.78 is 2.36. The molecule has 0 bridgehead atoms. The highest BCUT2D eigenvalue weighted by Gasteiger charge is 2.18. The van der Waals surface area contributed by atoms with E-state index in [1.165, 1.54) is 11.5 Å². The summed E-state index contributed by atoms with van der Waals surface area (Å²) in [5, 5.41) is 12.8. The molecule has 0 saturated heterocycles. The Morgan fingerprint density at radius 1 is 1.24 bits per heavy atom. The molecule has 0 atom stereocenters. The molecular weight excluding hydrogens is 504 g/mol. The molecule has 7 nitrogen and oxygen atoms in total. The van der Waals surface area contributed by atoms with Gasteiger partial charge in [0.05, 0.1) is 16.7 Å². The lowest BCUT2D eigenvalue weighted by molar-refractivity contribution is -0.127. The van der Waals surface area contributed by atoms with E-state index in [1.54, 1.807) is 30.2 Å². The van der Waals surface area contributed by atoms with Crippen LogP contribution in [0.5, 0.6) is 5.88 Å². The molecule has 1 aliphatic rings. The maximum absolute atomic E-state index is 12.8. The van der Waals surface area contributed by atoms with Crippen molar-refractivity contribution in [2.75, 3.05) is 13.6 Å². The first kappa shape index (κ1) is 22.9. The third-order valence-electron chi connectivity index (χ3n) is 5.50. The maximum atomic E-state index is 12.8. The molecule has 2 aromatic carbocycles. The number of fused-ring (bicyclic) bond motifs is 1. The molecule has 0 saturated carbocycles. The third kappa shape index (κ3) is 4.60. The van der Waals surface area contributed by atoms with Crippen LogP contribution in [-0.4, -0.2) is 39.1 Å². The third-order valence-corrected chi connectivity index (χ3v) is 6.31. The van der Waals surface area contributed by atoms with E-state index < -0.39 is 5.56 Å². The Morgan fingerprint density at radius 2 is 1.94 bits per heavy atom.